The number of aliphatic hydroxyl groups excluding tert-OH is 1. The normalized spacial score (nSPS) is 12.0. The lowest BCUT2D eigenvalue weighted by molar-refractivity contribution is 0.0912. The van der Waals surface area contributed by atoms with Crippen molar-refractivity contribution in [3.05, 3.63) is 70.5 Å². The van der Waals surface area contributed by atoms with E-state index >= 15 is 0 Å². The molecule has 0 aliphatic carbocycles. The average Bonchev–Trinajstić information content (AvgIpc) is 2.47. The third-order valence-electron chi connectivity index (χ3n) is 3.06. The molecule has 0 heterocycles. The van der Waals surface area contributed by atoms with Crippen LogP contribution in [-0.2, 0) is 6.42 Å². The zero-order valence-corrected chi connectivity index (χ0v) is 12.0. The summed E-state index contributed by atoms with van der Waals surface area (Å²) < 4.78 is 13.7. The van der Waals surface area contributed by atoms with Crippen molar-refractivity contribution in [1.29, 1.82) is 0 Å². The first-order valence-corrected chi connectivity index (χ1v) is 6.88. The molecular formula is C16H15ClFNO2. The lowest BCUT2D eigenvalue weighted by atomic mass is 10.1. The van der Waals surface area contributed by atoms with Crippen molar-refractivity contribution in [2.24, 2.45) is 0 Å². The van der Waals surface area contributed by atoms with E-state index in [4.69, 9.17) is 11.6 Å². The van der Waals surface area contributed by atoms with Crippen LogP contribution in [0, 0.1) is 5.82 Å². The standard InChI is InChI=1S/C16H15ClFNO2/c17-12-6-7-14(15(18)9-12)16(21)19-13(10-20)8-11-4-2-1-3-5-11/h1-7,9,13,20H,8,10H2,(H,19,21)/t13-/m0/s1. The highest BCUT2D eigenvalue weighted by Gasteiger charge is 2.16. The maximum Gasteiger partial charge on any atom is 0.254 e. The van der Waals surface area contributed by atoms with Gasteiger partial charge >= 0.3 is 0 Å². The predicted octanol–water partition coefficient (Wildman–Crippen LogP) is 2.81. The molecular weight excluding hydrogens is 293 g/mol. The van der Waals surface area contributed by atoms with Crippen LogP contribution in [0.25, 0.3) is 0 Å². The third kappa shape index (κ3) is 4.28. The monoisotopic (exact) mass is 307 g/mol. The van der Waals surface area contributed by atoms with Crippen molar-refractivity contribution in [2.75, 3.05) is 6.61 Å². The molecule has 0 fully saturated rings. The maximum absolute atomic E-state index is 13.7. The Morgan fingerprint density at radius 1 is 1.24 bits per heavy atom. The van der Waals surface area contributed by atoms with E-state index in [2.05, 4.69) is 5.32 Å². The minimum atomic E-state index is -0.684. The van der Waals surface area contributed by atoms with Crippen LogP contribution >= 0.6 is 11.6 Å². The summed E-state index contributed by atoms with van der Waals surface area (Å²) in [6, 6.07) is 12.8. The molecule has 2 aromatic carbocycles. The van der Waals surface area contributed by atoms with Gasteiger partial charge in [-0.3, -0.25) is 4.79 Å². The number of rotatable bonds is 5. The second-order valence-corrected chi connectivity index (χ2v) is 5.10. The second kappa shape index (κ2) is 7.20. The van der Waals surface area contributed by atoms with Gasteiger partial charge < -0.3 is 10.4 Å². The van der Waals surface area contributed by atoms with E-state index < -0.39 is 17.8 Å². The molecule has 0 spiro atoms. The molecule has 110 valence electrons. The van der Waals surface area contributed by atoms with Gasteiger partial charge in [-0.15, -0.1) is 0 Å². The van der Waals surface area contributed by atoms with Crippen LogP contribution in [0.3, 0.4) is 0 Å². The molecule has 0 aliphatic rings. The zero-order chi connectivity index (χ0) is 15.2. The number of carbonyl (C=O) groups excluding carboxylic acids is 1. The highest BCUT2D eigenvalue weighted by molar-refractivity contribution is 6.30. The van der Waals surface area contributed by atoms with Gasteiger partial charge in [0.05, 0.1) is 18.2 Å². The Bertz CT molecular complexity index is 619. The first-order chi connectivity index (χ1) is 10.1. The van der Waals surface area contributed by atoms with Gasteiger partial charge in [0.2, 0.25) is 0 Å². The topological polar surface area (TPSA) is 49.3 Å². The van der Waals surface area contributed by atoms with Crippen molar-refractivity contribution < 1.29 is 14.3 Å². The fourth-order valence-corrected chi connectivity index (χ4v) is 2.16. The molecule has 2 rings (SSSR count). The fraction of sp³-hybridized carbons (Fsp3) is 0.188. The van der Waals surface area contributed by atoms with Crippen molar-refractivity contribution in [3.8, 4) is 0 Å². The SMILES string of the molecule is O=C(N[C@H](CO)Cc1ccccc1)c1ccc(Cl)cc1F. The number of amides is 1. The number of aliphatic hydroxyl groups is 1. The van der Waals surface area contributed by atoms with Crippen LogP contribution in [0.5, 0.6) is 0 Å². The largest absolute Gasteiger partial charge is 0.394 e. The molecule has 0 bridgehead atoms. The predicted molar refractivity (Wildman–Crippen MR) is 79.9 cm³/mol. The summed E-state index contributed by atoms with van der Waals surface area (Å²) in [5, 5.41) is 12.2. The number of benzene rings is 2. The Labute approximate surface area is 127 Å². The first-order valence-electron chi connectivity index (χ1n) is 6.51. The van der Waals surface area contributed by atoms with E-state index in [1.165, 1.54) is 12.1 Å². The summed E-state index contributed by atoms with van der Waals surface area (Å²) in [7, 11) is 0. The van der Waals surface area contributed by atoms with E-state index in [1.807, 2.05) is 30.3 Å². The van der Waals surface area contributed by atoms with Crippen LogP contribution in [0.1, 0.15) is 15.9 Å². The number of halogens is 2. The molecule has 0 aromatic heterocycles. The number of carbonyl (C=O) groups is 1. The molecule has 0 radical (unpaired) electrons. The highest BCUT2D eigenvalue weighted by Crippen LogP contribution is 2.15. The van der Waals surface area contributed by atoms with Crippen LogP contribution < -0.4 is 5.32 Å². The van der Waals surface area contributed by atoms with E-state index in [0.29, 0.717) is 6.42 Å². The molecule has 2 N–H and O–H groups in total. The Morgan fingerprint density at radius 2 is 1.95 bits per heavy atom. The molecule has 0 saturated heterocycles. The van der Waals surface area contributed by atoms with E-state index in [9.17, 15) is 14.3 Å². The minimum absolute atomic E-state index is 0.0917. The Morgan fingerprint density at radius 3 is 2.57 bits per heavy atom. The summed E-state index contributed by atoms with van der Waals surface area (Å²) in [6.45, 7) is -0.226. The van der Waals surface area contributed by atoms with Gasteiger partial charge in [0.1, 0.15) is 5.82 Å². The smallest absolute Gasteiger partial charge is 0.254 e. The van der Waals surface area contributed by atoms with E-state index in [0.717, 1.165) is 11.6 Å². The molecule has 0 aliphatic heterocycles. The molecule has 2 aromatic rings. The lowest BCUT2D eigenvalue weighted by Crippen LogP contribution is -2.39. The summed E-state index contributed by atoms with van der Waals surface area (Å²) in [6.07, 6.45) is 0.471. The van der Waals surface area contributed by atoms with E-state index in [-0.39, 0.29) is 17.2 Å². The van der Waals surface area contributed by atoms with Crippen molar-refractivity contribution in [2.45, 2.75) is 12.5 Å². The van der Waals surface area contributed by atoms with Crippen LogP contribution in [0.2, 0.25) is 5.02 Å². The maximum atomic E-state index is 13.7. The highest BCUT2D eigenvalue weighted by atomic mass is 35.5. The minimum Gasteiger partial charge on any atom is -0.394 e. The van der Waals surface area contributed by atoms with E-state index in [1.54, 1.807) is 0 Å². The molecule has 0 unspecified atom stereocenters. The van der Waals surface area contributed by atoms with Gasteiger partial charge in [0.15, 0.2) is 0 Å². The van der Waals surface area contributed by atoms with Crippen molar-refractivity contribution in [3.63, 3.8) is 0 Å². The van der Waals surface area contributed by atoms with Gasteiger partial charge in [0, 0.05) is 5.02 Å². The quantitative estimate of drug-likeness (QED) is 0.892. The summed E-state index contributed by atoms with van der Waals surface area (Å²) >= 11 is 5.65. The molecule has 1 atom stereocenters. The molecule has 5 heteroatoms. The van der Waals surface area contributed by atoms with Crippen LogP contribution in [0.4, 0.5) is 4.39 Å². The summed E-state index contributed by atoms with van der Waals surface area (Å²) in [5.41, 5.74) is 0.888. The number of nitrogens with one attached hydrogen (secondary N) is 1. The van der Waals surface area contributed by atoms with Crippen molar-refractivity contribution >= 4 is 17.5 Å². The fourth-order valence-electron chi connectivity index (χ4n) is 2.00. The lowest BCUT2D eigenvalue weighted by Gasteiger charge is -2.16. The van der Waals surface area contributed by atoms with Crippen LogP contribution in [0.15, 0.2) is 48.5 Å². The zero-order valence-electron chi connectivity index (χ0n) is 11.2. The van der Waals surface area contributed by atoms with Gasteiger partial charge in [-0.05, 0) is 30.2 Å². The molecule has 3 nitrogen and oxygen atoms in total. The van der Waals surface area contributed by atoms with Gasteiger partial charge in [-0.1, -0.05) is 41.9 Å². The summed E-state index contributed by atoms with van der Waals surface area (Å²) in [5.74, 6) is -1.25. The Hall–Kier alpha value is -1.91. The Balaban J connectivity index is 2.06. The Kier molecular flexibility index (Phi) is 5.31. The third-order valence-corrected chi connectivity index (χ3v) is 3.29. The summed E-state index contributed by atoms with van der Waals surface area (Å²) in [4.78, 5) is 12.0. The molecule has 21 heavy (non-hydrogen) atoms. The average molecular weight is 308 g/mol. The van der Waals surface area contributed by atoms with Crippen molar-refractivity contribution in [1.82, 2.24) is 5.32 Å². The van der Waals surface area contributed by atoms with Gasteiger partial charge in [-0.2, -0.15) is 0 Å². The number of hydrogen-bond donors (Lipinski definition) is 2. The second-order valence-electron chi connectivity index (χ2n) is 4.67. The molecule has 1 amide bonds. The van der Waals surface area contributed by atoms with Crippen LogP contribution in [-0.4, -0.2) is 23.7 Å². The van der Waals surface area contributed by atoms with Gasteiger partial charge in [-0.25, -0.2) is 4.39 Å². The molecule has 0 saturated carbocycles. The number of hydrogen-bond acceptors (Lipinski definition) is 2. The van der Waals surface area contributed by atoms with Gasteiger partial charge in [0.25, 0.3) is 5.91 Å². The first kappa shape index (κ1) is 15.5.